The molecule has 16 heavy (non-hydrogen) atoms. The van der Waals surface area contributed by atoms with Gasteiger partial charge in [0, 0.05) is 15.5 Å². The summed E-state index contributed by atoms with van der Waals surface area (Å²) in [7, 11) is 0. The molecule has 1 heterocycles. The van der Waals surface area contributed by atoms with E-state index in [0.29, 0.717) is 5.69 Å². The average Bonchev–Trinajstić information content (AvgIpc) is 2.30. The minimum atomic E-state index is 0.404. The van der Waals surface area contributed by atoms with Crippen molar-refractivity contribution in [2.45, 2.75) is 0 Å². The molecule has 0 spiro atoms. The molecule has 3 nitrogen and oxygen atoms in total. The number of rotatable bonds is 2. The van der Waals surface area contributed by atoms with Crippen molar-refractivity contribution in [2.24, 2.45) is 0 Å². The molecule has 0 aliphatic carbocycles. The Morgan fingerprint density at radius 1 is 1.25 bits per heavy atom. The Hall–Kier alpha value is -1.61. The van der Waals surface area contributed by atoms with Crippen molar-refractivity contribution >= 4 is 34.0 Å². The molecule has 2 rings (SSSR count). The van der Waals surface area contributed by atoms with Crippen LogP contribution in [0.5, 0.6) is 0 Å². The number of aromatic nitrogens is 1. The standard InChI is InChI=1S/C12H8IN3/c13-9-3-1-4-10(7-9)16-11-5-2-6-15-12(11)8-14/h1-7,16H. The van der Waals surface area contributed by atoms with Crippen molar-refractivity contribution in [1.82, 2.24) is 4.98 Å². The molecule has 0 atom stereocenters. The summed E-state index contributed by atoms with van der Waals surface area (Å²) in [5, 5.41) is 12.1. The Kier molecular flexibility index (Phi) is 3.37. The van der Waals surface area contributed by atoms with E-state index < -0.39 is 0 Å². The first-order valence-electron chi connectivity index (χ1n) is 4.67. The fraction of sp³-hybridized carbons (Fsp3) is 0. The lowest BCUT2D eigenvalue weighted by Crippen LogP contribution is -1.95. The molecule has 0 radical (unpaired) electrons. The Labute approximate surface area is 107 Å². The average molecular weight is 321 g/mol. The highest BCUT2D eigenvalue weighted by molar-refractivity contribution is 14.1. The maximum Gasteiger partial charge on any atom is 0.163 e. The SMILES string of the molecule is N#Cc1ncccc1Nc1cccc(I)c1. The van der Waals surface area contributed by atoms with E-state index in [1.54, 1.807) is 12.3 Å². The van der Waals surface area contributed by atoms with Gasteiger partial charge in [-0.05, 0) is 52.9 Å². The van der Waals surface area contributed by atoms with E-state index in [2.05, 4.69) is 39.0 Å². The van der Waals surface area contributed by atoms with Crippen LogP contribution in [-0.4, -0.2) is 4.98 Å². The number of hydrogen-bond acceptors (Lipinski definition) is 3. The van der Waals surface area contributed by atoms with E-state index in [0.717, 1.165) is 14.9 Å². The Morgan fingerprint density at radius 3 is 2.88 bits per heavy atom. The van der Waals surface area contributed by atoms with E-state index >= 15 is 0 Å². The molecule has 2 aromatic rings. The highest BCUT2D eigenvalue weighted by Crippen LogP contribution is 2.20. The first-order chi connectivity index (χ1) is 7.79. The van der Waals surface area contributed by atoms with E-state index in [1.807, 2.05) is 30.3 Å². The van der Waals surface area contributed by atoms with Gasteiger partial charge in [0.05, 0.1) is 5.69 Å². The number of anilines is 2. The van der Waals surface area contributed by atoms with Crippen molar-refractivity contribution in [3.63, 3.8) is 0 Å². The van der Waals surface area contributed by atoms with Gasteiger partial charge in [0.2, 0.25) is 0 Å². The van der Waals surface area contributed by atoms with Gasteiger partial charge in [0.15, 0.2) is 5.69 Å². The van der Waals surface area contributed by atoms with Gasteiger partial charge in [-0.15, -0.1) is 0 Å². The smallest absolute Gasteiger partial charge is 0.163 e. The molecule has 1 aromatic carbocycles. The lowest BCUT2D eigenvalue weighted by atomic mass is 10.2. The topological polar surface area (TPSA) is 48.7 Å². The quantitative estimate of drug-likeness (QED) is 0.864. The molecule has 78 valence electrons. The Morgan fingerprint density at radius 2 is 2.12 bits per heavy atom. The predicted molar refractivity (Wildman–Crippen MR) is 71.4 cm³/mol. The van der Waals surface area contributed by atoms with Crippen molar-refractivity contribution in [1.29, 1.82) is 5.26 Å². The van der Waals surface area contributed by atoms with E-state index in [1.165, 1.54) is 0 Å². The van der Waals surface area contributed by atoms with Crippen LogP contribution < -0.4 is 5.32 Å². The molecular formula is C12H8IN3. The van der Waals surface area contributed by atoms with Crippen molar-refractivity contribution in [3.8, 4) is 6.07 Å². The van der Waals surface area contributed by atoms with Crippen LogP contribution in [0.15, 0.2) is 42.6 Å². The molecule has 1 aromatic heterocycles. The molecule has 0 aliphatic rings. The van der Waals surface area contributed by atoms with Crippen LogP contribution in [0.1, 0.15) is 5.69 Å². The Bertz CT molecular complexity index is 546. The molecule has 0 saturated carbocycles. The number of nitrogens with zero attached hydrogens (tertiary/aromatic N) is 2. The number of benzene rings is 1. The monoisotopic (exact) mass is 321 g/mol. The molecule has 0 unspecified atom stereocenters. The predicted octanol–water partition coefficient (Wildman–Crippen LogP) is 3.30. The summed E-state index contributed by atoms with van der Waals surface area (Å²) < 4.78 is 1.14. The summed E-state index contributed by atoms with van der Waals surface area (Å²) in [5.41, 5.74) is 2.09. The van der Waals surface area contributed by atoms with Gasteiger partial charge >= 0.3 is 0 Å². The zero-order valence-corrected chi connectivity index (χ0v) is 10.5. The number of pyridine rings is 1. The third-order valence-corrected chi connectivity index (χ3v) is 2.69. The highest BCUT2D eigenvalue weighted by atomic mass is 127. The van der Waals surface area contributed by atoms with Crippen LogP contribution >= 0.6 is 22.6 Å². The largest absolute Gasteiger partial charge is 0.353 e. The first kappa shape index (κ1) is 10.9. The number of nitrogens with one attached hydrogen (secondary N) is 1. The summed E-state index contributed by atoms with van der Waals surface area (Å²) in [6.45, 7) is 0. The maximum absolute atomic E-state index is 8.90. The second-order valence-corrected chi connectivity index (χ2v) is 4.39. The highest BCUT2D eigenvalue weighted by Gasteiger charge is 2.02. The Balaban J connectivity index is 2.31. The van der Waals surface area contributed by atoms with Crippen molar-refractivity contribution in [2.75, 3.05) is 5.32 Å². The maximum atomic E-state index is 8.90. The lowest BCUT2D eigenvalue weighted by Gasteiger charge is -2.07. The molecule has 0 aliphatic heterocycles. The summed E-state index contributed by atoms with van der Waals surface area (Å²) in [4.78, 5) is 3.99. The van der Waals surface area contributed by atoms with E-state index in [4.69, 9.17) is 5.26 Å². The number of nitriles is 1. The van der Waals surface area contributed by atoms with Crippen LogP contribution in [-0.2, 0) is 0 Å². The molecule has 1 N–H and O–H groups in total. The van der Waals surface area contributed by atoms with Crippen molar-refractivity contribution < 1.29 is 0 Å². The van der Waals surface area contributed by atoms with Gasteiger partial charge in [-0.25, -0.2) is 4.98 Å². The third-order valence-electron chi connectivity index (χ3n) is 2.02. The molecule has 0 saturated heterocycles. The van der Waals surface area contributed by atoms with Gasteiger partial charge in [0.1, 0.15) is 6.07 Å². The van der Waals surface area contributed by atoms with Gasteiger partial charge in [0.25, 0.3) is 0 Å². The number of hydrogen-bond donors (Lipinski definition) is 1. The van der Waals surface area contributed by atoms with E-state index in [9.17, 15) is 0 Å². The molecule has 4 heteroatoms. The lowest BCUT2D eigenvalue weighted by molar-refractivity contribution is 1.26. The molecule has 0 bridgehead atoms. The summed E-state index contributed by atoms with van der Waals surface area (Å²) in [6.07, 6.45) is 1.61. The van der Waals surface area contributed by atoms with Crippen LogP contribution in [0.3, 0.4) is 0 Å². The first-order valence-corrected chi connectivity index (χ1v) is 5.75. The van der Waals surface area contributed by atoms with Gasteiger partial charge in [-0.2, -0.15) is 5.26 Å². The molecule has 0 amide bonds. The van der Waals surface area contributed by atoms with Gasteiger partial charge in [-0.1, -0.05) is 6.07 Å². The second-order valence-electron chi connectivity index (χ2n) is 3.15. The molecule has 0 fully saturated rings. The summed E-state index contributed by atoms with van der Waals surface area (Å²) in [5.74, 6) is 0. The fourth-order valence-corrected chi connectivity index (χ4v) is 1.86. The van der Waals surface area contributed by atoms with Gasteiger partial charge < -0.3 is 5.32 Å². The zero-order chi connectivity index (χ0) is 11.4. The minimum Gasteiger partial charge on any atom is -0.353 e. The van der Waals surface area contributed by atoms with Crippen LogP contribution in [0.25, 0.3) is 0 Å². The van der Waals surface area contributed by atoms with Gasteiger partial charge in [-0.3, -0.25) is 0 Å². The fourth-order valence-electron chi connectivity index (χ4n) is 1.32. The normalized spacial score (nSPS) is 9.50. The number of halogens is 1. The summed E-state index contributed by atoms with van der Waals surface area (Å²) >= 11 is 2.25. The van der Waals surface area contributed by atoms with Crippen molar-refractivity contribution in [3.05, 3.63) is 51.9 Å². The minimum absolute atomic E-state index is 0.404. The van der Waals surface area contributed by atoms with E-state index in [-0.39, 0.29) is 0 Å². The van der Waals surface area contributed by atoms with Crippen LogP contribution in [0, 0.1) is 14.9 Å². The van der Waals surface area contributed by atoms with Crippen LogP contribution in [0.4, 0.5) is 11.4 Å². The summed E-state index contributed by atoms with van der Waals surface area (Å²) in [6, 6.07) is 13.6. The second kappa shape index (κ2) is 4.94. The third kappa shape index (κ3) is 2.49. The van der Waals surface area contributed by atoms with Crippen LogP contribution in [0.2, 0.25) is 0 Å². The molecular weight excluding hydrogens is 313 g/mol. The zero-order valence-electron chi connectivity index (χ0n) is 8.31.